The van der Waals surface area contributed by atoms with E-state index in [0.717, 1.165) is 30.9 Å². The number of anilines is 2. The maximum Gasteiger partial charge on any atom is 0.225 e. The minimum Gasteiger partial charge on any atom is -0.394 e. The Kier molecular flexibility index (Phi) is 2.96. The van der Waals surface area contributed by atoms with Crippen molar-refractivity contribution in [2.24, 2.45) is 18.2 Å². The lowest BCUT2D eigenvalue weighted by Gasteiger charge is -2.22. The predicted octanol–water partition coefficient (Wildman–Crippen LogP) is 0.266. The molecular formula is C12H21N5O. The highest BCUT2D eigenvalue weighted by molar-refractivity contribution is 5.82. The molecule has 6 heteroatoms. The smallest absolute Gasteiger partial charge is 0.225 e. The fourth-order valence-corrected chi connectivity index (χ4v) is 2.56. The zero-order chi connectivity index (χ0) is 13.5. The third kappa shape index (κ3) is 1.81. The number of nitrogens with zero attached hydrogens (tertiary/aromatic N) is 3. The maximum atomic E-state index is 11.5. The zero-order valence-corrected chi connectivity index (χ0v) is 11.2. The molecule has 1 saturated heterocycles. The highest BCUT2D eigenvalue weighted by atomic mass is 16.1. The first kappa shape index (κ1) is 12.7. The van der Waals surface area contributed by atoms with Crippen LogP contribution in [0.25, 0.3) is 0 Å². The van der Waals surface area contributed by atoms with Crippen LogP contribution in [0.2, 0.25) is 0 Å². The van der Waals surface area contributed by atoms with Crippen LogP contribution in [0.15, 0.2) is 0 Å². The first-order chi connectivity index (χ1) is 8.39. The molecule has 0 bridgehead atoms. The second-order valence-electron chi connectivity index (χ2n) is 5.26. The van der Waals surface area contributed by atoms with Crippen molar-refractivity contribution in [3.8, 4) is 0 Å². The van der Waals surface area contributed by atoms with Crippen molar-refractivity contribution in [1.82, 2.24) is 9.78 Å². The Hall–Kier alpha value is -1.72. The standard InChI is InChI=1S/C12H21N5O/c1-4-8-9(13)10(16(3)15-8)17-6-5-12(2,7-17)11(14)18/h4-7,13H2,1-3H3,(H2,14,18). The van der Waals surface area contributed by atoms with E-state index in [9.17, 15) is 4.79 Å². The lowest BCUT2D eigenvalue weighted by molar-refractivity contribution is -0.125. The summed E-state index contributed by atoms with van der Waals surface area (Å²) in [5.74, 6) is 0.651. The Morgan fingerprint density at radius 1 is 1.56 bits per heavy atom. The molecule has 1 unspecified atom stereocenters. The van der Waals surface area contributed by atoms with Crippen LogP contribution < -0.4 is 16.4 Å². The first-order valence-corrected chi connectivity index (χ1v) is 6.25. The molecule has 18 heavy (non-hydrogen) atoms. The summed E-state index contributed by atoms with van der Waals surface area (Å²) in [6.45, 7) is 5.32. The minimum absolute atomic E-state index is 0.249. The van der Waals surface area contributed by atoms with Gasteiger partial charge in [-0.25, -0.2) is 0 Å². The summed E-state index contributed by atoms with van der Waals surface area (Å²) in [5, 5.41) is 4.40. The van der Waals surface area contributed by atoms with Crippen molar-refractivity contribution in [3.05, 3.63) is 5.69 Å². The molecule has 0 radical (unpaired) electrons. The summed E-state index contributed by atoms with van der Waals surface area (Å²) < 4.78 is 1.79. The van der Waals surface area contributed by atoms with Crippen LogP contribution in [-0.2, 0) is 18.3 Å². The predicted molar refractivity (Wildman–Crippen MR) is 71.1 cm³/mol. The van der Waals surface area contributed by atoms with Crippen molar-refractivity contribution in [1.29, 1.82) is 0 Å². The summed E-state index contributed by atoms with van der Waals surface area (Å²) >= 11 is 0. The van der Waals surface area contributed by atoms with Crippen molar-refractivity contribution >= 4 is 17.4 Å². The number of hydrogen-bond donors (Lipinski definition) is 2. The number of rotatable bonds is 3. The third-order valence-corrected chi connectivity index (χ3v) is 3.83. The molecule has 1 amide bonds. The molecule has 0 spiro atoms. The molecule has 1 aliphatic heterocycles. The fraction of sp³-hybridized carbons (Fsp3) is 0.667. The van der Waals surface area contributed by atoms with E-state index < -0.39 is 5.41 Å². The van der Waals surface area contributed by atoms with Gasteiger partial charge < -0.3 is 16.4 Å². The Balaban J connectivity index is 2.30. The second-order valence-corrected chi connectivity index (χ2v) is 5.26. The molecule has 1 fully saturated rings. The largest absolute Gasteiger partial charge is 0.394 e. The quantitative estimate of drug-likeness (QED) is 0.806. The summed E-state index contributed by atoms with van der Waals surface area (Å²) in [6.07, 6.45) is 1.56. The second kappa shape index (κ2) is 4.19. The monoisotopic (exact) mass is 251 g/mol. The van der Waals surface area contributed by atoms with Crippen molar-refractivity contribution in [2.45, 2.75) is 26.7 Å². The lowest BCUT2D eigenvalue weighted by Crippen LogP contribution is -2.37. The van der Waals surface area contributed by atoms with E-state index in [-0.39, 0.29) is 5.91 Å². The van der Waals surface area contributed by atoms with Gasteiger partial charge in [0, 0.05) is 20.1 Å². The Bertz CT molecular complexity index is 481. The molecular weight excluding hydrogens is 230 g/mol. The van der Waals surface area contributed by atoms with E-state index in [2.05, 4.69) is 10.00 Å². The highest BCUT2D eigenvalue weighted by Crippen LogP contribution is 2.36. The fourth-order valence-electron chi connectivity index (χ4n) is 2.56. The molecule has 0 aliphatic carbocycles. The van der Waals surface area contributed by atoms with Gasteiger partial charge in [0.25, 0.3) is 0 Å². The van der Waals surface area contributed by atoms with Crippen LogP contribution in [0.1, 0.15) is 26.0 Å². The number of primary amides is 1. The number of carbonyl (C=O) groups excluding carboxylic acids is 1. The molecule has 2 heterocycles. The van der Waals surface area contributed by atoms with Gasteiger partial charge in [0.1, 0.15) is 5.82 Å². The van der Waals surface area contributed by atoms with Crippen LogP contribution >= 0.6 is 0 Å². The molecule has 1 aliphatic rings. The van der Waals surface area contributed by atoms with E-state index in [1.165, 1.54) is 0 Å². The van der Waals surface area contributed by atoms with Gasteiger partial charge in [0.15, 0.2) is 0 Å². The molecule has 0 saturated carbocycles. The summed E-state index contributed by atoms with van der Waals surface area (Å²) in [4.78, 5) is 13.6. The van der Waals surface area contributed by atoms with Gasteiger partial charge in [-0.05, 0) is 19.8 Å². The molecule has 1 aromatic rings. The average Bonchev–Trinajstić information content (AvgIpc) is 2.81. The number of aromatic nitrogens is 2. The lowest BCUT2D eigenvalue weighted by atomic mass is 9.89. The number of carbonyl (C=O) groups is 1. The van der Waals surface area contributed by atoms with Gasteiger partial charge in [-0.15, -0.1) is 0 Å². The Labute approximate surface area is 107 Å². The van der Waals surface area contributed by atoms with Crippen LogP contribution in [0, 0.1) is 5.41 Å². The van der Waals surface area contributed by atoms with Gasteiger partial charge in [0.2, 0.25) is 5.91 Å². The molecule has 4 N–H and O–H groups in total. The molecule has 6 nitrogen and oxygen atoms in total. The van der Waals surface area contributed by atoms with Crippen molar-refractivity contribution in [2.75, 3.05) is 23.7 Å². The first-order valence-electron chi connectivity index (χ1n) is 6.25. The number of aryl methyl sites for hydroxylation is 2. The summed E-state index contributed by atoms with van der Waals surface area (Å²) in [7, 11) is 1.88. The van der Waals surface area contributed by atoms with Gasteiger partial charge in [-0.1, -0.05) is 6.92 Å². The number of hydrogen-bond acceptors (Lipinski definition) is 4. The normalized spacial score (nSPS) is 23.6. The summed E-state index contributed by atoms with van der Waals surface area (Å²) in [5.41, 5.74) is 12.7. The highest BCUT2D eigenvalue weighted by Gasteiger charge is 2.40. The number of amides is 1. The molecule has 1 atom stereocenters. The Morgan fingerprint density at radius 3 is 2.67 bits per heavy atom. The van der Waals surface area contributed by atoms with E-state index >= 15 is 0 Å². The van der Waals surface area contributed by atoms with E-state index in [1.54, 1.807) is 4.68 Å². The van der Waals surface area contributed by atoms with Gasteiger partial charge in [0.05, 0.1) is 16.8 Å². The van der Waals surface area contributed by atoms with Gasteiger partial charge >= 0.3 is 0 Å². The molecule has 1 aromatic heterocycles. The van der Waals surface area contributed by atoms with E-state index in [4.69, 9.17) is 11.5 Å². The zero-order valence-electron chi connectivity index (χ0n) is 11.2. The van der Waals surface area contributed by atoms with Crippen LogP contribution in [0.5, 0.6) is 0 Å². The maximum absolute atomic E-state index is 11.5. The number of nitrogens with two attached hydrogens (primary N) is 2. The Morgan fingerprint density at radius 2 is 2.22 bits per heavy atom. The number of nitrogen functional groups attached to an aromatic ring is 1. The van der Waals surface area contributed by atoms with Crippen molar-refractivity contribution in [3.63, 3.8) is 0 Å². The summed E-state index contributed by atoms with van der Waals surface area (Å²) in [6, 6.07) is 0. The minimum atomic E-state index is -0.469. The van der Waals surface area contributed by atoms with Crippen LogP contribution in [0.4, 0.5) is 11.5 Å². The van der Waals surface area contributed by atoms with Crippen LogP contribution in [-0.4, -0.2) is 28.8 Å². The van der Waals surface area contributed by atoms with Gasteiger partial charge in [-0.3, -0.25) is 9.48 Å². The van der Waals surface area contributed by atoms with Crippen molar-refractivity contribution < 1.29 is 4.79 Å². The average molecular weight is 251 g/mol. The van der Waals surface area contributed by atoms with E-state index in [1.807, 2.05) is 20.9 Å². The van der Waals surface area contributed by atoms with Crippen LogP contribution in [0.3, 0.4) is 0 Å². The molecule has 0 aromatic carbocycles. The third-order valence-electron chi connectivity index (χ3n) is 3.83. The molecule has 2 rings (SSSR count). The SMILES string of the molecule is CCc1nn(C)c(N2CCC(C)(C(N)=O)C2)c1N. The molecule has 100 valence electrons. The van der Waals surface area contributed by atoms with E-state index in [0.29, 0.717) is 12.2 Å². The van der Waals surface area contributed by atoms with Gasteiger partial charge in [-0.2, -0.15) is 5.10 Å². The topological polar surface area (TPSA) is 90.2 Å².